The van der Waals surface area contributed by atoms with E-state index in [9.17, 15) is 13.5 Å². The Kier molecular flexibility index (Phi) is 4.66. The van der Waals surface area contributed by atoms with E-state index in [4.69, 9.17) is 23.2 Å². The molecule has 1 aromatic carbocycles. The summed E-state index contributed by atoms with van der Waals surface area (Å²) in [5, 5.41) is 9.52. The fourth-order valence-corrected chi connectivity index (χ4v) is 4.87. The van der Waals surface area contributed by atoms with Crippen LogP contribution in [0.15, 0.2) is 17.0 Å². The Morgan fingerprint density at radius 3 is 2.30 bits per heavy atom. The Bertz CT molecular complexity index is 608. The first-order valence-corrected chi connectivity index (χ1v) is 8.56. The van der Waals surface area contributed by atoms with Crippen molar-refractivity contribution in [2.24, 2.45) is 11.8 Å². The summed E-state index contributed by atoms with van der Waals surface area (Å²) in [7, 11) is -3.68. The van der Waals surface area contributed by atoms with Crippen LogP contribution in [-0.4, -0.2) is 30.9 Å². The Balaban J connectivity index is 2.48. The van der Waals surface area contributed by atoms with Crippen LogP contribution in [0.2, 0.25) is 10.0 Å². The van der Waals surface area contributed by atoms with E-state index >= 15 is 0 Å². The maximum absolute atomic E-state index is 12.7. The molecule has 1 heterocycles. The zero-order valence-electron chi connectivity index (χ0n) is 11.3. The molecule has 0 spiro atoms. The second-order valence-corrected chi connectivity index (χ2v) is 8.03. The van der Waals surface area contributed by atoms with Gasteiger partial charge in [-0.25, -0.2) is 8.42 Å². The summed E-state index contributed by atoms with van der Waals surface area (Å²) in [5.74, 6) is 0.611. The standard InChI is InChI=1S/C13H17Cl2NO3S/c1-8-5-16(6-9(8)2)20(18,19)12-4-11(14)3-10(7-17)13(12)15/h3-4,8-9,17H,5-7H2,1-2H3. The van der Waals surface area contributed by atoms with Crippen LogP contribution in [0.25, 0.3) is 0 Å². The number of aliphatic hydroxyl groups excluding tert-OH is 1. The fourth-order valence-electron chi connectivity index (χ4n) is 2.33. The highest BCUT2D eigenvalue weighted by molar-refractivity contribution is 7.89. The lowest BCUT2D eigenvalue weighted by molar-refractivity contribution is 0.281. The van der Waals surface area contributed by atoms with Crippen LogP contribution in [0.4, 0.5) is 0 Å². The van der Waals surface area contributed by atoms with E-state index in [0.717, 1.165) is 0 Å². The minimum absolute atomic E-state index is 0.0305. The Morgan fingerprint density at radius 1 is 1.25 bits per heavy atom. The summed E-state index contributed by atoms with van der Waals surface area (Å²) in [4.78, 5) is -0.0305. The van der Waals surface area contributed by atoms with Gasteiger partial charge < -0.3 is 5.11 Å². The summed E-state index contributed by atoms with van der Waals surface area (Å²) in [6, 6.07) is 2.81. The van der Waals surface area contributed by atoms with Crippen molar-refractivity contribution >= 4 is 33.2 Å². The number of nitrogens with zero attached hydrogens (tertiary/aromatic N) is 1. The minimum Gasteiger partial charge on any atom is -0.392 e. The largest absolute Gasteiger partial charge is 0.392 e. The number of sulfonamides is 1. The third-order valence-electron chi connectivity index (χ3n) is 3.82. The summed E-state index contributed by atoms with van der Waals surface area (Å²) in [5.41, 5.74) is 0.318. The van der Waals surface area contributed by atoms with Gasteiger partial charge in [0.05, 0.1) is 11.6 Å². The second kappa shape index (κ2) is 5.81. The third kappa shape index (κ3) is 2.83. The molecule has 2 rings (SSSR count). The van der Waals surface area contributed by atoms with Crippen LogP contribution < -0.4 is 0 Å². The zero-order valence-corrected chi connectivity index (χ0v) is 13.6. The maximum atomic E-state index is 12.7. The molecule has 0 amide bonds. The zero-order chi connectivity index (χ0) is 15.1. The van der Waals surface area contributed by atoms with Gasteiger partial charge in [-0.3, -0.25) is 0 Å². The molecule has 2 atom stereocenters. The Morgan fingerprint density at radius 2 is 1.80 bits per heavy atom. The van der Waals surface area contributed by atoms with Gasteiger partial charge in [-0.1, -0.05) is 37.0 Å². The first-order valence-electron chi connectivity index (χ1n) is 6.36. The highest BCUT2D eigenvalue weighted by Crippen LogP contribution is 2.34. The average Bonchev–Trinajstić information content (AvgIpc) is 2.72. The molecule has 0 aliphatic carbocycles. The van der Waals surface area contributed by atoms with Crippen LogP contribution >= 0.6 is 23.2 Å². The molecule has 1 aliphatic heterocycles. The van der Waals surface area contributed by atoms with Crippen LogP contribution in [0.3, 0.4) is 0 Å². The van der Waals surface area contributed by atoms with E-state index in [-0.39, 0.29) is 21.5 Å². The summed E-state index contributed by atoms with van der Waals surface area (Å²) in [6.45, 7) is 4.65. The van der Waals surface area contributed by atoms with E-state index in [1.807, 2.05) is 13.8 Å². The number of rotatable bonds is 3. The first kappa shape index (κ1) is 16.0. The van der Waals surface area contributed by atoms with Gasteiger partial charge >= 0.3 is 0 Å². The topological polar surface area (TPSA) is 57.6 Å². The third-order valence-corrected chi connectivity index (χ3v) is 6.45. The van der Waals surface area contributed by atoms with Crippen LogP contribution in [0.5, 0.6) is 0 Å². The molecule has 1 aliphatic rings. The first-order chi connectivity index (χ1) is 9.27. The van der Waals surface area contributed by atoms with Crippen LogP contribution in [0, 0.1) is 11.8 Å². The molecule has 0 bridgehead atoms. The molecule has 1 fully saturated rings. The van der Waals surface area contributed by atoms with E-state index in [1.165, 1.54) is 16.4 Å². The number of hydrogen-bond acceptors (Lipinski definition) is 3. The van der Waals surface area contributed by atoms with Crippen molar-refractivity contribution < 1.29 is 13.5 Å². The van der Waals surface area contributed by atoms with Gasteiger partial charge in [0.2, 0.25) is 10.0 Å². The molecule has 0 saturated carbocycles. The monoisotopic (exact) mass is 337 g/mol. The van der Waals surface area contributed by atoms with Gasteiger partial charge in [-0.2, -0.15) is 4.31 Å². The van der Waals surface area contributed by atoms with E-state index in [0.29, 0.717) is 30.5 Å². The number of hydrogen-bond donors (Lipinski definition) is 1. The summed E-state index contributed by atoms with van der Waals surface area (Å²) >= 11 is 12.0. The molecule has 0 aromatic heterocycles. The molecule has 2 unspecified atom stereocenters. The van der Waals surface area contributed by atoms with Crippen molar-refractivity contribution in [1.29, 1.82) is 0 Å². The molecule has 1 aromatic rings. The van der Waals surface area contributed by atoms with Gasteiger partial charge in [0.15, 0.2) is 0 Å². The van der Waals surface area contributed by atoms with Crippen molar-refractivity contribution in [3.8, 4) is 0 Å². The van der Waals surface area contributed by atoms with Gasteiger partial charge in [0.1, 0.15) is 4.90 Å². The quantitative estimate of drug-likeness (QED) is 0.922. The summed E-state index contributed by atoms with van der Waals surface area (Å²) in [6.07, 6.45) is 0. The molecule has 1 saturated heterocycles. The Hall–Kier alpha value is -0.330. The van der Waals surface area contributed by atoms with E-state index < -0.39 is 10.0 Å². The lowest BCUT2D eigenvalue weighted by Crippen LogP contribution is -2.29. The SMILES string of the molecule is CC1CN(S(=O)(=O)c2cc(Cl)cc(CO)c2Cl)CC1C. The van der Waals surface area contributed by atoms with Gasteiger partial charge in [0, 0.05) is 18.1 Å². The van der Waals surface area contributed by atoms with Crippen molar-refractivity contribution in [1.82, 2.24) is 4.31 Å². The van der Waals surface area contributed by atoms with Crippen molar-refractivity contribution in [3.05, 3.63) is 27.7 Å². The maximum Gasteiger partial charge on any atom is 0.244 e. The smallest absolute Gasteiger partial charge is 0.244 e. The van der Waals surface area contributed by atoms with E-state index in [1.54, 1.807) is 0 Å². The van der Waals surface area contributed by atoms with E-state index in [2.05, 4.69) is 0 Å². The molecule has 7 heteroatoms. The molecule has 112 valence electrons. The number of halogens is 2. The summed E-state index contributed by atoms with van der Waals surface area (Å²) < 4.78 is 26.8. The predicted octanol–water partition coefficient (Wildman–Crippen LogP) is 2.76. The normalized spacial score (nSPS) is 24.2. The number of aliphatic hydroxyl groups is 1. The lowest BCUT2D eigenvalue weighted by Gasteiger charge is -2.18. The molecular weight excluding hydrogens is 321 g/mol. The Labute approximate surface area is 129 Å². The van der Waals surface area contributed by atoms with Gasteiger partial charge in [-0.15, -0.1) is 0 Å². The molecule has 20 heavy (non-hydrogen) atoms. The fraction of sp³-hybridized carbons (Fsp3) is 0.538. The van der Waals surface area contributed by atoms with Crippen molar-refractivity contribution in [3.63, 3.8) is 0 Å². The molecule has 0 radical (unpaired) electrons. The predicted molar refractivity (Wildman–Crippen MR) is 79.5 cm³/mol. The second-order valence-electron chi connectivity index (χ2n) is 5.31. The lowest BCUT2D eigenvalue weighted by atomic mass is 10.0. The van der Waals surface area contributed by atoms with Crippen molar-refractivity contribution in [2.75, 3.05) is 13.1 Å². The number of benzene rings is 1. The average molecular weight is 338 g/mol. The highest BCUT2D eigenvalue weighted by Gasteiger charge is 2.36. The van der Waals surface area contributed by atoms with Gasteiger partial charge in [-0.05, 0) is 29.5 Å². The molecule has 1 N–H and O–H groups in total. The molecule has 4 nitrogen and oxygen atoms in total. The van der Waals surface area contributed by atoms with Crippen LogP contribution in [0.1, 0.15) is 19.4 Å². The minimum atomic E-state index is -3.68. The highest BCUT2D eigenvalue weighted by atomic mass is 35.5. The molecular formula is C13H17Cl2NO3S. The van der Waals surface area contributed by atoms with Crippen molar-refractivity contribution in [2.45, 2.75) is 25.3 Å². The van der Waals surface area contributed by atoms with Gasteiger partial charge in [0.25, 0.3) is 0 Å². The van der Waals surface area contributed by atoms with Crippen LogP contribution in [-0.2, 0) is 16.6 Å².